The van der Waals surface area contributed by atoms with E-state index in [9.17, 15) is 0 Å². The molecule has 0 saturated heterocycles. The minimum atomic E-state index is 0.793. The van der Waals surface area contributed by atoms with Crippen molar-refractivity contribution in [3.63, 3.8) is 0 Å². The summed E-state index contributed by atoms with van der Waals surface area (Å²) in [5, 5.41) is 0. The minimum absolute atomic E-state index is 0.793. The van der Waals surface area contributed by atoms with Crippen LogP contribution in [-0.2, 0) is 13.0 Å². The van der Waals surface area contributed by atoms with Crippen LogP contribution in [0.4, 0.5) is 5.69 Å². The normalized spacial score (nSPS) is 28.9. The second-order valence-corrected chi connectivity index (χ2v) is 6.13. The van der Waals surface area contributed by atoms with E-state index in [0.717, 1.165) is 24.2 Å². The first-order valence-electron chi connectivity index (χ1n) is 7.34. The van der Waals surface area contributed by atoms with Crippen LogP contribution in [0.3, 0.4) is 0 Å². The summed E-state index contributed by atoms with van der Waals surface area (Å²) < 4.78 is 0. The van der Waals surface area contributed by atoms with Crippen molar-refractivity contribution in [1.29, 1.82) is 0 Å². The molecular formula is C16H24N2. The van der Waals surface area contributed by atoms with Crippen molar-refractivity contribution < 1.29 is 0 Å². The lowest BCUT2D eigenvalue weighted by molar-refractivity contribution is 0.121. The summed E-state index contributed by atoms with van der Waals surface area (Å²) in [6.45, 7) is 4.69. The van der Waals surface area contributed by atoms with Gasteiger partial charge in [-0.25, -0.2) is 0 Å². The van der Waals surface area contributed by atoms with Gasteiger partial charge in [-0.2, -0.15) is 0 Å². The number of hydrogen-bond acceptors (Lipinski definition) is 2. The molecule has 18 heavy (non-hydrogen) atoms. The quantitative estimate of drug-likeness (QED) is 0.769. The molecule has 3 rings (SSSR count). The van der Waals surface area contributed by atoms with E-state index in [0.29, 0.717) is 0 Å². The van der Waals surface area contributed by atoms with E-state index in [1.807, 2.05) is 6.07 Å². The Kier molecular flexibility index (Phi) is 3.29. The highest BCUT2D eigenvalue weighted by molar-refractivity contribution is 5.51. The number of rotatable bonds is 1. The molecular weight excluding hydrogens is 220 g/mol. The Hall–Kier alpha value is -1.02. The molecule has 1 saturated carbocycles. The molecule has 1 aromatic rings. The van der Waals surface area contributed by atoms with E-state index in [1.54, 1.807) is 0 Å². The first-order valence-corrected chi connectivity index (χ1v) is 7.34. The van der Waals surface area contributed by atoms with Crippen molar-refractivity contribution in [1.82, 2.24) is 4.90 Å². The second-order valence-electron chi connectivity index (χ2n) is 6.13. The molecule has 0 bridgehead atoms. The number of anilines is 1. The Labute approximate surface area is 110 Å². The van der Waals surface area contributed by atoms with E-state index >= 15 is 0 Å². The fourth-order valence-corrected chi connectivity index (χ4v) is 3.67. The molecule has 0 aromatic heterocycles. The average Bonchev–Trinajstić information content (AvgIpc) is 2.39. The van der Waals surface area contributed by atoms with E-state index < -0.39 is 0 Å². The predicted molar refractivity (Wildman–Crippen MR) is 76.4 cm³/mol. The van der Waals surface area contributed by atoms with Crippen LogP contribution in [0.15, 0.2) is 18.2 Å². The lowest BCUT2D eigenvalue weighted by Crippen LogP contribution is -2.41. The molecule has 98 valence electrons. The topological polar surface area (TPSA) is 29.3 Å². The highest BCUT2D eigenvalue weighted by atomic mass is 15.2. The van der Waals surface area contributed by atoms with E-state index in [-0.39, 0.29) is 0 Å². The van der Waals surface area contributed by atoms with Gasteiger partial charge in [0.2, 0.25) is 0 Å². The maximum atomic E-state index is 6.13. The molecule has 2 nitrogen and oxygen atoms in total. The van der Waals surface area contributed by atoms with Gasteiger partial charge in [0.25, 0.3) is 0 Å². The maximum absolute atomic E-state index is 6.13. The minimum Gasteiger partial charge on any atom is -0.398 e. The molecule has 2 N–H and O–H groups in total. The molecule has 1 aliphatic heterocycles. The fraction of sp³-hybridized carbons (Fsp3) is 0.625. The van der Waals surface area contributed by atoms with Gasteiger partial charge in [0, 0.05) is 24.8 Å². The van der Waals surface area contributed by atoms with Crippen LogP contribution in [0, 0.1) is 5.92 Å². The highest BCUT2D eigenvalue weighted by Gasteiger charge is 2.27. The largest absolute Gasteiger partial charge is 0.398 e. The van der Waals surface area contributed by atoms with Gasteiger partial charge in [0.15, 0.2) is 0 Å². The summed E-state index contributed by atoms with van der Waals surface area (Å²) in [5.41, 5.74) is 9.98. The Bertz CT molecular complexity index is 427. The Balaban J connectivity index is 1.76. The monoisotopic (exact) mass is 244 g/mol. The van der Waals surface area contributed by atoms with E-state index in [1.165, 1.54) is 49.8 Å². The standard InChI is InChI=1S/C16H24N2/c1-12-4-2-6-14(10-12)18-9-8-13-5-3-7-16(17)15(13)11-18/h3,5,7,12,14H,2,4,6,8-11,17H2,1H3. The SMILES string of the molecule is CC1CCCC(N2CCc3cccc(N)c3C2)C1. The number of fused-ring (bicyclic) bond motifs is 1. The lowest BCUT2D eigenvalue weighted by atomic mass is 9.85. The number of nitrogens with zero attached hydrogens (tertiary/aromatic N) is 1. The van der Waals surface area contributed by atoms with Crippen LogP contribution >= 0.6 is 0 Å². The second kappa shape index (κ2) is 4.93. The van der Waals surface area contributed by atoms with Crippen molar-refractivity contribution >= 4 is 5.69 Å². The van der Waals surface area contributed by atoms with Crippen LogP contribution in [0.25, 0.3) is 0 Å². The van der Waals surface area contributed by atoms with Gasteiger partial charge < -0.3 is 5.73 Å². The van der Waals surface area contributed by atoms with Crippen molar-refractivity contribution in [2.45, 2.75) is 51.6 Å². The Morgan fingerprint density at radius 1 is 1.28 bits per heavy atom. The third kappa shape index (κ3) is 2.26. The first kappa shape index (κ1) is 12.0. The van der Waals surface area contributed by atoms with Gasteiger partial charge in [-0.15, -0.1) is 0 Å². The number of nitrogen functional groups attached to an aromatic ring is 1. The van der Waals surface area contributed by atoms with Gasteiger partial charge in [-0.1, -0.05) is 31.9 Å². The van der Waals surface area contributed by atoms with Crippen LogP contribution in [0.5, 0.6) is 0 Å². The molecule has 2 aliphatic rings. The molecule has 2 unspecified atom stereocenters. The number of benzene rings is 1. The Morgan fingerprint density at radius 2 is 2.17 bits per heavy atom. The molecule has 2 atom stereocenters. The van der Waals surface area contributed by atoms with Crippen molar-refractivity contribution in [3.05, 3.63) is 29.3 Å². The molecule has 1 aromatic carbocycles. The van der Waals surface area contributed by atoms with Gasteiger partial charge >= 0.3 is 0 Å². The smallest absolute Gasteiger partial charge is 0.0362 e. The summed E-state index contributed by atoms with van der Waals surface area (Å²) in [4.78, 5) is 2.67. The van der Waals surface area contributed by atoms with Gasteiger partial charge in [0.05, 0.1) is 0 Å². The van der Waals surface area contributed by atoms with Crippen molar-refractivity contribution in [2.24, 2.45) is 5.92 Å². The molecule has 1 heterocycles. The maximum Gasteiger partial charge on any atom is 0.0362 e. The molecule has 2 heteroatoms. The first-order chi connectivity index (χ1) is 8.74. The van der Waals surface area contributed by atoms with Gasteiger partial charge in [-0.05, 0) is 42.4 Å². The van der Waals surface area contributed by atoms with Gasteiger partial charge in [-0.3, -0.25) is 4.90 Å². The zero-order valence-corrected chi connectivity index (χ0v) is 11.4. The van der Waals surface area contributed by atoms with Crippen molar-refractivity contribution in [2.75, 3.05) is 12.3 Å². The predicted octanol–water partition coefficient (Wildman–Crippen LogP) is 3.21. The van der Waals surface area contributed by atoms with Crippen LogP contribution in [0.2, 0.25) is 0 Å². The van der Waals surface area contributed by atoms with Crippen LogP contribution < -0.4 is 5.73 Å². The van der Waals surface area contributed by atoms with Crippen LogP contribution in [-0.4, -0.2) is 17.5 Å². The van der Waals surface area contributed by atoms with Crippen LogP contribution in [0.1, 0.15) is 43.7 Å². The molecule has 1 aliphatic carbocycles. The highest BCUT2D eigenvalue weighted by Crippen LogP contribution is 2.32. The zero-order chi connectivity index (χ0) is 12.5. The molecule has 1 fully saturated rings. The summed E-state index contributed by atoms with van der Waals surface area (Å²) in [6, 6.07) is 7.17. The van der Waals surface area contributed by atoms with E-state index in [4.69, 9.17) is 5.73 Å². The fourth-order valence-electron chi connectivity index (χ4n) is 3.67. The zero-order valence-electron chi connectivity index (χ0n) is 11.4. The average molecular weight is 244 g/mol. The molecule has 0 radical (unpaired) electrons. The lowest BCUT2D eigenvalue weighted by Gasteiger charge is -2.39. The summed E-state index contributed by atoms with van der Waals surface area (Å²) >= 11 is 0. The third-order valence-electron chi connectivity index (χ3n) is 4.76. The number of hydrogen-bond donors (Lipinski definition) is 1. The summed E-state index contributed by atoms with van der Waals surface area (Å²) in [5.74, 6) is 0.901. The van der Waals surface area contributed by atoms with E-state index in [2.05, 4.69) is 24.0 Å². The summed E-state index contributed by atoms with van der Waals surface area (Å²) in [7, 11) is 0. The molecule has 0 amide bonds. The molecule has 0 spiro atoms. The summed E-state index contributed by atoms with van der Waals surface area (Å²) in [6.07, 6.45) is 6.75. The number of nitrogens with two attached hydrogens (primary N) is 1. The Morgan fingerprint density at radius 3 is 3.00 bits per heavy atom. The van der Waals surface area contributed by atoms with Crippen molar-refractivity contribution in [3.8, 4) is 0 Å². The third-order valence-corrected chi connectivity index (χ3v) is 4.76. The van der Waals surface area contributed by atoms with Gasteiger partial charge in [0.1, 0.15) is 0 Å².